The topological polar surface area (TPSA) is 83.0 Å². The van der Waals surface area contributed by atoms with Crippen molar-refractivity contribution in [3.8, 4) is 0 Å². The average molecular weight is 514 g/mol. The average Bonchev–Trinajstić information content (AvgIpc) is 3.54. The Bertz CT molecular complexity index is 1490. The zero-order chi connectivity index (χ0) is 27.0. The molecule has 2 aromatic heterocycles. The predicted molar refractivity (Wildman–Crippen MR) is 145 cm³/mol. The molecule has 0 radical (unpaired) electrons. The molecule has 0 spiro atoms. The molecule has 38 heavy (non-hydrogen) atoms. The van der Waals surface area contributed by atoms with Crippen LogP contribution in [0.5, 0.6) is 0 Å². The highest BCUT2D eigenvalue weighted by molar-refractivity contribution is 6.04. The van der Waals surface area contributed by atoms with E-state index in [1.807, 2.05) is 42.8 Å². The molecule has 0 aliphatic carbocycles. The van der Waals surface area contributed by atoms with Crippen molar-refractivity contribution in [2.75, 3.05) is 11.9 Å². The molecule has 4 aromatic rings. The zero-order valence-electron chi connectivity index (χ0n) is 22.1. The number of aromatic nitrogens is 3. The number of hydrogen-bond donors (Lipinski definition) is 2. The lowest BCUT2D eigenvalue weighted by Crippen LogP contribution is -2.38. The molecule has 1 unspecified atom stereocenters. The van der Waals surface area contributed by atoms with E-state index in [1.165, 1.54) is 12.1 Å². The maximum Gasteiger partial charge on any atom is 0.276 e. The van der Waals surface area contributed by atoms with Gasteiger partial charge in [0.1, 0.15) is 11.5 Å². The predicted octanol–water partition coefficient (Wildman–Crippen LogP) is 5.84. The number of carbonyl (C=O) groups excluding carboxylic acids is 2. The van der Waals surface area contributed by atoms with E-state index >= 15 is 0 Å². The highest BCUT2D eigenvalue weighted by atomic mass is 19.1. The van der Waals surface area contributed by atoms with E-state index in [9.17, 15) is 14.0 Å². The third kappa shape index (κ3) is 4.98. The van der Waals surface area contributed by atoms with Crippen LogP contribution in [-0.4, -0.2) is 38.0 Å². The van der Waals surface area contributed by atoms with E-state index in [0.29, 0.717) is 36.1 Å². The van der Waals surface area contributed by atoms with Gasteiger partial charge in [0, 0.05) is 35.6 Å². The summed E-state index contributed by atoms with van der Waals surface area (Å²) in [6, 6.07) is 16.0. The Morgan fingerprint density at radius 1 is 1.16 bits per heavy atom. The van der Waals surface area contributed by atoms with E-state index in [0.717, 1.165) is 27.9 Å². The molecule has 2 amide bonds. The Morgan fingerprint density at radius 3 is 2.68 bits per heavy atom. The molecule has 1 aliphatic rings. The van der Waals surface area contributed by atoms with Crippen molar-refractivity contribution in [2.24, 2.45) is 0 Å². The minimum absolute atomic E-state index is 0.0586. The van der Waals surface area contributed by atoms with E-state index < -0.39 is 0 Å². The summed E-state index contributed by atoms with van der Waals surface area (Å²) < 4.78 is 15.6. The number of nitrogens with zero attached hydrogens (tertiary/aromatic N) is 3. The molecule has 0 saturated carbocycles. The van der Waals surface area contributed by atoms with Crippen molar-refractivity contribution in [3.63, 3.8) is 0 Å². The Labute approximate surface area is 221 Å². The molecular weight excluding hydrogens is 481 g/mol. The maximum absolute atomic E-state index is 13.7. The lowest BCUT2D eigenvalue weighted by molar-refractivity contribution is 0.0711. The monoisotopic (exact) mass is 513 g/mol. The molecule has 0 fully saturated rings. The number of H-pyrrole nitrogens is 1. The van der Waals surface area contributed by atoms with Gasteiger partial charge in [-0.3, -0.25) is 14.3 Å². The van der Waals surface area contributed by atoms with Crippen LogP contribution in [0.1, 0.15) is 81.5 Å². The second kappa shape index (κ2) is 10.3. The van der Waals surface area contributed by atoms with Gasteiger partial charge in [0.15, 0.2) is 5.69 Å². The summed E-state index contributed by atoms with van der Waals surface area (Å²) in [5.74, 6) is -0.462. The Morgan fingerprint density at radius 2 is 1.97 bits per heavy atom. The van der Waals surface area contributed by atoms with Gasteiger partial charge in [-0.1, -0.05) is 39.0 Å². The second-order valence-electron chi connectivity index (χ2n) is 10.3. The molecule has 0 bridgehead atoms. The summed E-state index contributed by atoms with van der Waals surface area (Å²) in [7, 11) is 0. The van der Waals surface area contributed by atoms with Crippen molar-refractivity contribution in [1.82, 2.24) is 19.7 Å². The molecule has 3 heterocycles. The lowest BCUT2D eigenvalue weighted by atomic mass is 9.95. The van der Waals surface area contributed by atoms with Crippen LogP contribution in [0.4, 0.5) is 10.1 Å². The van der Waals surface area contributed by atoms with E-state index in [2.05, 4.69) is 24.1 Å². The number of fused-ring (bicyclic) bond motifs is 1. The third-order valence-electron chi connectivity index (χ3n) is 7.17. The molecule has 7 nitrogen and oxygen atoms in total. The Kier molecular flexibility index (Phi) is 6.89. The maximum atomic E-state index is 13.7. The molecule has 8 heteroatoms. The summed E-state index contributed by atoms with van der Waals surface area (Å²) >= 11 is 0. The third-order valence-corrected chi connectivity index (χ3v) is 7.17. The standard InChI is InChI=1S/C30H32FN5O2/c1-18(2)21-7-5-8-24(14-21)33-29(37)27-25-17-35(30(38)26-9-6-12-32-26)15-20(4)28(25)36(34-27)16-22-10-11-23(31)13-19(22)3/h5-14,18,20,32H,15-17H2,1-4H3,(H,33,37). The first-order valence-corrected chi connectivity index (χ1v) is 12.9. The summed E-state index contributed by atoms with van der Waals surface area (Å²) in [6.07, 6.45) is 1.72. The molecule has 5 rings (SSSR count). The highest BCUT2D eigenvalue weighted by Gasteiger charge is 2.34. The van der Waals surface area contributed by atoms with Crippen LogP contribution in [0.15, 0.2) is 60.8 Å². The fourth-order valence-electron chi connectivity index (χ4n) is 5.15. The molecule has 196 valence electrons. The summed E-state index contributed by atoms with van der Waals surface area (Å²) in [6.45, 7) is 9.28. The van der Waals surface area contributed by atoms with Crippen LogP contribution < -0.4 is 5.32 Å². The lowest BCUT2D eigenvalue weighted by Gasteiger charge is -2.32. The number of amides is 2. The molecular formula is C30H32FN5O2. The summed E-state index contributed by atoms with van der Waals surface area (Å²) in [4.78, 5) is 31.5. The van der Waals surface area contributed by atoms with Crippen LogP contribution in [0, 0.1) is 12.7 Å². The van der Waals surface area contributed by atoms with Gasteiger partial charge in [-0.05, 0) is 65.9 Å². The van der Waals surface area contributed by atoms with Gasteiger partial charge in [-0.2, -0.15) is 5.10 Å². The number of aromatic amines is 1. The summed E-state index contributed by atoms with van der Waals surface area (Å²) in [5.41, 5.74) is 6.02. The van der Waals surface area contributed by atoms with E-state index in [4.69, 9.17) is 5.10 Å². The van der Waals surface area contributed by atoms with Crippen molar-refractivity contribution >= 4 is 17.5 Å². The van der Waals surface area contributed by atoms with Crippen LogP contribution >= 0.6 is 0 Å². The van der Waals surface area contributed by atoms with Gasteiger partial charge in [0.05, 0.1) is 13.1 Å². The number of carbonyl (C=O) groups is 2. The fourth-order valence-corrected chi connectivity index (χ4v) is 5.15. The Hall–Kier alpha value is -4.20. The molecule has 1 atom stereocenters. The quantitative estimate of drug-likeness (QED) is 0.340. The largest absolute Gasteiger partial charge is 0.357 e. The molecule has 1 aliphatic heterocycles. The van der Waals surface area contributed by atoms with Crippen LogP contribution in [0.25, 0.3) is 0 Å². The first-order valence-electron chi connectivity index (χ1n) is 12.9. The van der Waals surface area contributed by atoms with Crippen molar-refractivity contribution in [2.45, 2.75) is 52.6 Å². The normalized spacial score (nSPS) is 15.0. The van der Waals surface area contributed by atoms with Crippen molar-refractivity contribution in [1.29, 1.82) is 0 Å². The smallest absolute Gasteiger partial charge is 0.276 e. The van der Waals surface area contributed by atoms with Gasteiger partial charge in [-0.25, -0.2) is 4.39 Å². The van der Waals surface area contributed by atoms with Crippen molar-refractivity contribution < 1.29 is 14.0 Å². The number of halogens is 1. The van der Waals surface area contributed by atoms with Gasteiger partial charge < -0.3 is 15.2 Å². The number of anilines is 1. The second-order valence-corrected chi connectivity index (χ2v) is 10.3. The van der Waals surface area contributed by atoms with Gasteiger partial charge in [0.2, 0.25) is 0 Å². The number of rotatable bonds is 6. The fraction of sp³-hybridized carbons (Fsp3) is 0.300. The first kappa shape index (κ1) is 25.4. The van der Waals surface area contributed by atoms with Gasteiger partial charge >= 0.3 is 0 Å². The molecule has 2 N–H and O–H groups in total. The highest BCUT2D eigenvalue weighted by Crippen LogP contribution is 2.33. The number of benzene rings is 2. The SMILES string of the molecule is Cc1cc(F)ccc1Cn1nc(C(=O)Nc2cccc(C(C)C)c2)c2c1C(C)CN(C(=O)c1ccc[nH]1)C2. The Balaban J connectivity index is 1.53. The molecule has 0 saturated heterocycles. The van der Waals surface area contributed by atoms with Crippen LogP contribution in [0.2, 0.25) is 0 Å². The number of aryl methyl sites for hydroxylation is 1. The summed E-state index contributed by atoms with van der Waals surface area (Å²) in [5, 5.41) is 7.79. The number of nitrogens with one attached hydrogen (secondary N) is 2. The minimum Gasteiger partial charge on any atom is -0.357 e. The number of hydrogen-bond acceptors (Lipinski definition) is 3. The van der Waals surface area contributed by atoms with Crippen LogP contribution in [0.3, 0.4) is 0 Å². The first-order chi connectivity index (χ1) is 18.2. The van der Waals surface area contributed by atoms with E-state index in [1.54, 1.807) is 29.3 Å². The van der Waals surface area contributed by atoms with Crippen molar-refractivity contribution in [3.05, 3.63) is 106 Å². The molecule has 2 aromatic carbocycles. The zero-order valence-corrected chi connectivity index (χ0v) is 22.1. The van der Waals surface area contributed by atoms with Gasteiger partial charge in [-0.15, -0.1) is 0 Å². The minimum atomic E-state index is -0.321. The van der Waals surface area contributed by atoms with E-state index in [-0.39, 0.29) is 30.1 Å². The van der Waals surface area contributed by atoms with Crippen LogP contribution in [-0.2, 0) is 13.1 Å². The van der Waals surface area contributed by atoms with Gasteiger partial charge in [0.25, 0.3) is 11.8 Å².